The van der Waals surface area contributed by atoms with Crippen molar-refractivity contribution in [3.8, 4) is 0 Å². The molecule has 1 unspecified atom stereocenters. The molecule has 0 saturated carbocycles. The Bertz CT molecular complexity index is 308. The molecule has 3 nitrogen and oxygen atoms in total. The number of hydrogen-bond donors (Lipinski definition) is 2. The predicted octanol–water partition coefficient (Wildman–Crippen LogP) is 1.31. The maximum Gasteiger partial charge on any atom is 0.0312 e. The second kappa shape index (κ2) is 4.29. The minimum atomic E-state index is 0.284. The highest BCUT2D eigenvalue weighted by Crippen LogP contribution is 2.17. The average molecular weight is 205 g/mol. The summed E-state index contributed by atoms with van der Waals surface area (Å²) in [6.45, 7) is 6.47. The van der Waals surface area contributed by atoms with E-state index in [2.05, 4.69) is 35.5 Å². The fourth-order valence-corrected chi connectivity index (χ4v) is 2.07. The van der Waals surface area contributed by atoms with Gasteiger partial charge in [0.2, 0.25) is 0 Å². The molecule has 0 spiro atoms. The molecule has 0 amide bonds. The molecule has 15 heavy (non-hydrogen) atoms. The van der Waals surface area contributed by atoms with Crippen LogP contribution in [0.5, 0.6) is 0 Å². The monoisotopic (exact) mass is 205 g/mol. The molecule has 3 heteroatoms. The molecule has 1 aromatic rings. The SMILES string of the molecule is CC1(C)CC(NCc2cccnc2)CN1. The summed E-state index contributed by atoms with van der Waals surface area (Å²) in [7, 11) is 0. The lowest BCUT2D eigenvalue weighted by molar-refractivity contribution is 0.442. The summed E-state index contributed by atoms with van der Waals surface area (Å²) in [5, 5.41) is 7.06. The van der Waals surface area contributed by atoms with E-state index in [1.807, 2.05) is 18.5 Å². The zero-order chi connectivity index (χ0) is 10.7. The van der Waals surface area contributed by atoms with Crippen LogP contribution in [0, 0.1) is 0 Å². The van der Waals surface area contributed by atoms with Gasteiger partial charge in [-0.15, -0.1) is 0 Å². The Labute approximate surface area is 91.3 Å². The van der Waals surface area contributed by atoms with Crippen LogP contribution in [0.3, 0.4) is 0 Å². The van der Waals surface area contributed by atoms with E-state index < -0.39 is 0 Å². The van der Waals surface area contributed by atoms with E-state index in [-0.39, 0.29) is 5.54 Å². The Kier molecular flexibility index (Phi) is 3.03. The van der Waals surface area contributed by atoms with Crippen molar-refractivity contribution in [1.29, 1.82) is 0 Å². The van der Waals surface area contributed by atoms with Crippen LogP contribution in [0.1, 0.15) is 25.8 Å². The molecule has 0 aromatic carbocycles. The highest BCUT2D eigenvalue weighted by atomic mass is 15.1. The molecule has 1 fully saturated rings. The molecular weight excluding hydrogens is 186 g/mol. The Morgan fingerprint density at radius 3 is 3.07 bits per heavy atom. The summed E-state index contributed by atoms with van der Waals surface area (Å²) in [6, 6.07) is 4.67. The van der Waals surface area contributed by atoms with E-state index in [0.717, 1.165) is 13.1 Å². The van der Waals surface area contributed by atoms with E-state index in [4.69, 9.17) is 0 Å². The third-order valence-electron chi connectivity index (χ3n) is 2.90. The largest absolute Gasteiger partial charge is 0.310 e. The molecule has 0 bridgehead atoms. The Balaban J connectivity index is 1.80. The van der Waals surface area contributed by atoms with E-state index in [9.17, 15) is 0 Å². The molecule has 1 aliphatic rings. The van der Waals surface area contributed by atoms with Crippen LogP contribution < -0.4 is 10.6 Å². The van der Waals surface area contributed by atoms with Crippen molar-refractivity contribution < 1.29 is 0 Å². The summed E-state index contributed by atoms with van der Waals surface area (Å²) in [5.74, 6) is 0. The highest BCUT2D eigenvalue weighted by Gasteiger charge is 2.29. The first kappa shape index (κ1) is 10.6. The van der Waals surface area contributed by atoms with Crippen LogP contribution in [0.4, 0.5) is 0 Å². The predicted molar refractivity (Wildman–Crippen MR) is 61.6 cm³/mol. The van der Waals surface area contributed by atoms with E-state index >= 15 is 0 Å². The highest BCUT2D eigenvalue weighted by molar-refractivity contribution is 5.08. The average Bonchev–Trinajstić information content (AvgIpc) is 2.57. The molecular formula is C12H19N3. The van der Waals surface area contributed by atoms with E-state index in [1.165, 1.54) is 12.0 Å². The van der Waals surface area contributed by atoms with Gasteiger partial charge in [0.25, 0.3) is 0 Å². The maximum atomic E-state index is 4.10. The number of hydrogen-bond acceptors (Lipinski definition) is 3. The zero-order valence-electron chi connectivity index (χ0n) is 9.46. The fraction of sp³-hybridized carbons (Fsp3) is 0.583. The number of nitrogens with zero attached hydrogens (tertiary/aromatic N) is 1. The summed E-state index contributed by atoms with van der Waals surface area (Å²) in [6.07, 6.45) is 4.91. The first-order valence-electron chi connectivity index (χ1n) is 5.53. The van der Waals surface area contributed by atoms with Gasteiger partial charge < -0.3 is 10.6 Å². The molecule has 0 aliphatic carbocycles. The van der Waals surface area contributed by atoms with Gasteiger partial charge in [0.15, 0.2) is 0 Å². The second-order valence-corrected chi connectivity index (χ2v) is 4.91. The van der Waals surface area contributed by atoms with E-state index in [0.29, 0.717) is 6.04 Å². The Morgan fingerprint density at radius 1 is 1.60 bits per heavy atom. The summed E-state index contributed by atoms with van der Waals surface area (Å²) in [4.78, 5) is 4.10. The second-order valence-electron chi connectivity index (χ2n) is 4.91. The fourth-order valence-electron chi connectivity index (χ4n) is 2.07. The van der Waals surface area contributed by atoms with Gasteiger partial charge in [0.05, 0.1) is 0 Å². The van der Waals surface area contributed by atoms with Gasteiger partial charge in [-0.2, -0.15) is 0 Å². The van der Waals surface area contributed by atoms with Crippen molar-refractivity contribution >= 4 is 0 Å². The van der Waals surface area contributed by atoms with Gasteiger partial charge in [-0.1, -0.05) is 6.07 Å². The van der Waals surface area contributed by atoms with Crippen molar-refractivity contribution in [1.82, 2.24) is 15.6 Å². The molecule has 2 N–H and O–H groups in total. The molecule has 1 atom stereocenters. The van der Waals surface area contributed by atoms with Gasteiger partial charge >= 0.3 is 0 Å². The van der Waals surface area contributed by atoms with Crippen molar-refractivity contribution in [2.24, 2.45) is 0 Å². The molecule has 1 aliphatic heterocycles. The first-order valence-corrected chi connectivity index (χ1v) is 5.53. The molecule has 1 saturated heterocycles. The van der Waals surface area contributed by atoms with E-state index in [1.54, 1.807) is 0 Å². The van der Waals surface area contributed by atoms with Gasteiger partial charge in [0, 0.05) is 37.1 Å². The third kappa shape index (κ3) is 3.01. The Morgan fingerprint density at radius 2 is 2.47 bits per heavy atom. The third-order valence-corrected chi connectivity index (χ3v) is 2.90. The number of rotatable bonds is 3. The van der Waals surface area contributed by atoms with Crippen molar-refractivity contribution in [3.63, 3.8) is 0 Å². The van der Waals surface area contributed by atoms with Crippen molar-refractivity contribution in [3.05, 3.63) is 30.1 Å². The van der Waals surface area contributed by atoms with Crippen LogP contribution in [0.2, 0.25) is 0 Å². The minimum Gasteiger partial charge on any atom is -0.310 e. The van der Waals surface area contributed by atoms with Crippen molar-refractivity contribution in [2.75, 3.05) is 6.54 Å². The summed E-state index contributed by atoms with van der Waals surface area (Å²) >= 11 is 0. The van der Waals surface area contributed by atoms with Gasteiger partial charge in [-0.25, -0.2) is 0 Å². The summed E-state index contributed by atoms with van der Waals surface area (Å²) in [5.41, 5.74) is 1.54. The van der Waals surface area contributed by atoms with Crippen LogP contribution >= 0.6 is 0 Å². The van der Waals surface area contributed by atoms with Gasteiger partial charge in [-0.05, 0) is 31.9 Å². The molecule has 0 radical (unpaired) electrons. The lowest BCUT2D eigenvalue weighted by atomic mass is 10.0. The quantitative estimate of drug-likeness (QED) is 0.781. The van der Waals surface area contributed by atoms with Crippen LogP contribution in [0.25, 0.3) is 0 Å². The van der Waals surface area contributed by atoms with Crippen LogP contribution in [0.15, 0.2) is 24.5 Å². The topological polar surface area (TPSA) is 37.0 Å². The number of pyridine rings is 1. The number of aromatic nitrogens is 1. The molecule has 82 valence electrons. The molecule has 2 heterocycles. The first-order chi connectivity index (χ1) is 7.16. The maximum absolute atomic E-state index is 4.10. The van der Waals surface area contributed by atoms with Crippen LogP contribution in [-0.2, 0) is 6.54 Å². The lowest BCUT2D eigenvalue weighted by Crippen LogP contribution is -2.31. The Hall–Kier alpha value is -0.930. The lowest BCUT2D eigenvalue weighted by Gasteiger charge is -2.17. The molecule has 1 aromatic heterocycles. The van der Waals surface area contributed by atoms with Crippen LogP contribution in [-0.4, -0.2) is 23.1 Å². The smallest absolute Gasteiger partial charge is 0.0312 e. The van der Waals surface area contributed by atoms with Gasteiger partial charge in [-0.3, -0.25) is 4.98 Å². The normalized spacial score (nSPS) is 24.3. The number of nitrogens with one attached hydrogen (secondary N) is 2. The zero-order valence-corrected chi connectivity index (χ0v) is 9.46. The standard InChI is InChI=1S/C12H19N3/c1-12(2)6-11(9-15-12)14-8-10-4-3-5-13-7-10/h3-5,7,11,14-15H,6,8-9H2,1-2H3. The van der Waals surface area contributed by atoms with Gasteiger partial charge in [0.1, 0.15) is 0 Å². The summed E-state index contributed by atoms with van der Waals surface area (Å²) < 4.78 is 0. The molecule has 2 rings (SSSR count). The van der Waals surface area contributed by atoms with Crippen molar-refractivity contribution in [2.45, 2.75) is 38.4 Å². The minimum absolute atomic E-state index is 0.284.